The van der Waals surface area contributed by atoms with Gasteiger partial charge >= 0.3 is 6.03 Å². The first-order valence-electron chi connectivity index (χ1n) is 9.72. The van der Waals surface area contributed by atoms with Gasteiger partial charge in [0.2, 0.25) is 0 Å². The number of nitrogens with one attached hydrogen (secondary N) is 1. The summed E-state index contributed by atoms with van der Waals surface area (Å²) < 4.78 is 10.7. The van der Waals surface area contributed by atoms with E-state index >= 15 is 0 Å². The van der Waals surface area contributed by atoms with Crippen molar-refractivity contribution in [1.82, 2.24) is 10.2 Å². The van der Waals surface area contributed by atoms with E-state index in [0.29, 0.717) is 31.8 Å². The number of nitrogens with zero attached hydrogens (tertiary/aromatic N) is 2. The highest BCUT2D eigenvalue weighted by atomic mass is 16.5. The van der Waals surface area contributed by atoms with Crippen molar-refractivity contribution in [2.75, 3.05) is 51.3 Å². The zero-order chi connectivity index (χ0) is 20.6. The van der Waals surface area contributed by atoms with Crippen LogP contribution in [0.15, 0.2) is 48.5 Å². The van der Waals surface area contributed by atoms with Crippen LogP contribution in [0.1, 0.15) is 17.3 Å². The van der Waals surface area contributed by atoms with Crippen molar-refractivity contribution >= 4 is 17.5 Å². The lowest BCUT2D eigenvalue weighted by Crippen LogP contribution is -2.52. The van der Waals surface area contributed by atoms with E-state index in [1.807, 2.05) is 48.5 Å². The number of ether oxygens (including phenoxy) is 2. The molecule has 2 aromatic rings. The highest BCUT2D eigenvalue weighted by Gasteiger charge is 2.21. The topological polar surface area (TPSA) is 71.1 Å². The van der Waals surface area contributed by atoms with Crippen LogP contribution >= 0.6 is 0 Å². The van der Waals surface area contributed by atoms with Gasteiger partial charge in [0.25, 0.3) is 0 Å². The average Bonchev–Trinajstić information content (AvgIpc) is 2.77. The molecule has 1 fully saturated rings. The van der Waals surface area contributed by atoms with Gasteiger partial charge in [0.05, 0.1) is 13.7 Å². The molecule has 1 aliphatic heterocycles. The summed E-state index contributed by atoms with van der Waals surface area (Å²) in [5.41, 5.74) is 1.73. The van der Waals surface area contributed by atoms with Crippen LogP contribution in [0.2, 0.25) is 0 Å². The molecule has 1 aliphatic rings. The molecule has 29 heavy (non-hydrogen) atoms. The molecule has 1 heterocycles. The van der Waals surface area contributed by atoms with E-state index in [0.717, 1.165) is 30.3 Å². The van der Waals surface area contributed by atoms with E-state index in [1.54, 1.807) is 18.9 Å². The number of carbonyl (C=O) groups is 2. The Morgan fingerprint density at radius 1 is 1.00 bits per heavy atom. The number of benzene rings is 2. The van der Waals surface area contributed by atoms with Gasteiger partial charge in [-0.15, -0.1) is 0 Å². The number of carbonyl (C=O) groups excluding carboxylic acids is 2. The van der Waals surface area contributed by atoms with E-state index in [1.165, 1.54) is 0 Å². The first kappa shape index (κ1) is 20.5. The number of methoxy groups -OCH3 is 1. The maximum atomic E-state index is 12.4. The monoisotopic (exact) mass is 397 g/mol. The molecular weight excluding hydrogens is 370 g/mol. The second kappa shape index (κ2) is 9.82. The van der Waals surface area contributed by atoms with Gasteiger partial charge < -0.3 is 24.6 Å². The largest absolute Gasteiger partial charge is 0.497 e. The maximum Gasteiger partial charge on any atom is 0.317 e. The van der Waals surface area contributed by atoms with Gasteiger partial charge in [-0.3, -0.25) is 4.79 Å². The summed E-state index contributed by atoms with van der Waals surface area (Å²) in [6.07, 6.45) is 0. The van der Waals surface area contributed by atoms with Gasteiger partial charge in [-0.25, -0.2) is 4.79 Å². The fraction of sp³-hybridized carbons (Fsp3) is 0.364. The number of rotatable bonds is 7. The Labute approximate surface area is 171 Å². The quantitative estimate of drug-likeness (QED) is 0.575. The lowest BCUT2D eigenvalue weighted by Gasteiger charge is -2.36. The van der Waals surface area contributed by atoms with Gasteiger partial charge in [0.1, 0.15) is 18.1 Å². The Balaban J connectivity index is 1.39. The third kappa shape index (κ3) is 5.63. The molecule has 3 rings (SSSR count). The normalized spacial score (nSPS) is 13.7. The van der Waals surface area contributed by atoms with Crippen LogP contribution in [0.4, 0.5) is 10.5 Å². The third-order valence-corrected chi connectivity index (χ3v) is 4.89. The van der Waals surface area contributed by atoms with Crippen LogP contribution in [-0.4, -0.2) is 63.2 Å². The summed E-state index contributed by atoms with van der Waals surface area (Å²) in [5.74, 6) is 1.57. The Morgan fingerprint density at radius 3 is 2.34 bits per heavy atom. The Hall–Kier alpha value is -3.22. The van der Waals surface area contributed by atoms with Crippen LogP contribution in [0.25, 0.3) is 0 Å². The van der Waals surface area contributed by atoms with Gasteiger partial charge in [0.15, 0.2) is 5.78 Å². The first-order valence-corrected chi connectivity index (χ1v) is 9.72. The number of piperazine rings is 1. The van der Waals surface area contributed by atoms with Crippen molar-refractivity contribution in [1.29, 1.82) is 0 Å². The van der Waals surface area contributed by atoms with E-state index in [4.69, 9.17) is 9.47 Å². The second-order valence-electron chi connectivity index (χ2n) is 6.84. The second-order valence-corrected chi connectivity index (χ2v) is 6.84. The minimum Gasteiger partial charge on any atom is -0.497 e. The molecule has 0 radical (unpaired) electrons. The highest BCUT2D eigenvalue weighted by Crippen LogP contribution is 2.19. The smallest absolute Gasteiger partial charge is 0.317 e. The third-order valence-electron chi connectivity index (χ3n) is 4.89. The maximum absolute atomic E-state index is 12.4. The minimum atomic E-state index is -0.0829. The van der Waals surface area contributed by atoms with Crippen LogP contribution in [0.3, 0.4) is 0 Å². The molecule has 0 atom stereocenters. The summed E-state index contributed by atoms with van der Waals surface area (Å²) in [4.78, 5) is 27.9. The fourth-order valence-electron chi connectivity index (χ4n) is 3.20. The number of Topliss-reactive ketones (excluding diaryl/α,β-unsaturated/α-hetero) is 1. The standard InChI is InChI=1S/C22H27N3O4/c1-17(26)18-4-3-5-19(16-18)24-11-13-25(14-12-24)22(27)23-10-15-29-21-8-6-20(28-2)7-9-21/h3-9,16H,10-15H2,1-2H3,(H,23,27). The summed E-state index contributed by atoms with van der Waals surface area (Å²) in [6, 6.07) is 14.9. The molecule has 1 N–H and O–H groups in total. The lowest BCUT2D eigenvalue weighted by atomic mass is 10.1. The lowest BCUT2D eigenvalue weighted by molar-refractivity contribution is 0.101. The molecule has 2 amide bonds. The minimum absolute atomic E-state index is 0.0572. The number of anilines is 1. The number of ketones is 1. The van der Waals surface area contributed by atoms with Crippen molar-refractivity contribution in [3.63, 3.8) is 0 Å². The molecule has 0 aromatic heterocycles. The molecule has 0 aliphatic carbocycles. The van der Waals surface area contributed by atoms with E-state index in [-0.39, 0.29) is 11.8 Å². The van der Waals surface area contributed by atoms with Crippen molar-refractivity contribution in [3.05, 3.63) is 54.1 Å². The highest BCUT2D eigenvalue weighted by molar-refractivity contribution is 5.95. The van der Waals surface area contributed by atoms with Crippen LogP contribution in [0, 0.1) is 0 Å². The molecule has 0 saturated carbocycles. The zero-order valence-corrected chi connectivity index (χ0v) is 16.9. The molecular formula is C22H27N3O4. The Bertz CT molecular complexity index is 830. The van der Waals surface area contributed by atoms with Crippen LogP contribution in [0.5, 0.6) is 11.5 Å². The predicted octanol–water partition coefficient (Wildman–Crippen LogP) is 2.81. The molecule has 0 spiro atoms. The van der Waals surface area contributed by atoms with E-state index in [9.17, 15) is 9.59 Å². The average molecular weight is 397 g/mol. The van der Waals surface area contributed by atoms with Gasteiger partial charge in [-0.1, -0.05) is 12.1 Å². The van der Waals surface area contributed by atoms with Gasteiger partial charge in [0, 0.05) is 37.4 Å². The summed E-state index contributed by atoms with van der Waals surface area (Å²) in [6.45, 7) is 5.14. The predicted molar refractivity (Wildman–Crippen MR) is 112 cm³/mol. The van der Waals surface area contributed by atoms with Gasteiger partial charge in [-0.2, -0.15) is 0 Å². The van der Waals surface area contributed by atoms with E-state index < -0.39 is 0 Å². The van der Waals surface area contributed by atoms with Crippen LogP contribution < -0.4 is 19.7 Å². The van der Waals surface area contributed by atoms with Crippen molar-refractivity contribution in [2.24, 2.45) is 0 Å². The number of urea groups is 1. The SMILES string of the molecule is COc1ccc(OCCNC(=O)N2CCN(c3cccc(C(C)=O)c3)CC2)cc1. The Kier molecular flexibility index (Phi) is 6.94. The van der Waals surface area contributed by atoms with Crippen molar-refractivity contribution in [2.45, 2.75) is 6.92 Å². The van der Waals surface area contributed by atoms with Crippen molar-refractivity contribution in [3.8, 4) is 11.5 Å². The Morgan fingerprint density at radius 2 is 1.69 bits per heavy atom. The summed E-state index contributed by atoms with van der Waals surface area (Å²) >= 11 is 0. The zero-order valence-electron chi connectivity index (χ0n) is 16.9. The molecule has 7 nitrogen and oxygen atoms in total. The number of hydrogen-bond acceptors (Lipinski definition) is 5. The summed E-state index contributed by atoms with van der Waals surface area (Å²) in [5, 5.41) is 2.90. The number of amides is 2. The molecule has 0 unspecified atom stereocenters. The van der Waals surface area contributed by atoms with Crippen molar-refractivity contribution < 1.29 is 19.1 Å². The van der Waals surface area contributed by atoms with E-state index in [2.05, 4.69) is 10.2 Å². The molecule has 0 bridgehead atoms. The van der Waals surface area contributed by atoms with Crippen LogP contribution in [-0.2, 0) is 0 Å². The molecule has 154 valence electrons. The van der Waals surface area contributed by atoms with Gasteiger partial charge in [-0.05, 0) is 43.3 Å². The molecule has 7 heteroatoms. The number of hydrogen-bond donors (Lipinski definition) is 1. The summed E-state index contributed by atoms with van der Waals surface area (Å²) in [7, 11) is 1.62. The first-order chi connectivity index (χ1) is 14.1. The molecule has 1 saturated heterocycles. The fourth-order valence-corrected chi connectivity index (χ4v) is 3.20. The molecule has 2 aromatic carbocycles.